The fourth-order valence-electron chi connectivity index (χ4n) is 2.47. The first-order chi connectivity index (χ1) is 8.42. The van der Waals surface area contributed by atoms with E-state index in [1.807, 2.05) is 6.20 Å². The minimum atomic E-state index is 1.13. The van der Waals surface area contributed by atoms with Crippen molar-refractivity contribution in [2.45, 2.75) is 6.42 Å². The van der Waals surface area contributed by atoms with E-state index in [1.165, 1.54) is 36.1 Å². The highest BCUT2D eigenvalue weighted by Gasteiger charge is 2.08. The van der Waals surface area contributed by atoms with Gasteiger partial charge in [0, 0.05) is 44.4 Å². The summed E-state index contributed by atoms with van der Waals surface area (Å²) < 4.78 is 0. The molecule has 17 heavy (non-hydrogen) atoms. The fraction of sp³-hybridized carbons (Fsp3) is 0.429. The standard InChI is InChI=1S/C14H19N3/c1-2-13-3-5-16-14(13)11-12(1)4-8-17-9-6-15-7-10-17/h1-3,5,11,15-16H,4,6-10H2. The van der Waals surface area contributed by atoms with Gasteiger partial charge in [0.25, 0.3) is 0 Å². The molecule has 1 aromatic carbocycles. The fourth-order valence-corrected chi connectivity index (χ4v) is 2.47. The number of H-pyrrole nitrogens is 1. The van der Waals surface area contributed by atoms with Crippen LogP contribution in [0.25, 0.3) is 10.9 Å². The molecule has 1 aliphatic heterocycles. The summed E-state index contributed by atoms with van der Waals surface area (Å²) in [6.45, 7) is 5.81. The molecule has 0 radical (unpaired) electrons. The number of hydrogen-bond acceptors (Lipinski definition) is 2. The lowest BCUT2D eigenvalue weighted by Gasteiger charge is -2.27. The van der Waals surface area contributed by atoms with E-state index in [2.05, 4.69) is 39.5 Å². The van der Waals surface area contributed by atoms with Gasteiger partial charge in [-0.3, -0.25) is 0 Å². The van der Waals surface area contributed by atoms with E-state index in [0.29, 0.717) is 0 Å². The van der Waals surface area contributed by atoms with Crippen LogP contribution in [0.15, 0.2) is 30.5 Å². The minimum Gasteiger partial charge on any atom is -0.361 e. The molecular weight excluding hydrogens is 210 g/mol. The van der Waals surface area contributed by atoms with Crippen molar-refractivity contribution in [3.63, 3.8) is 0 Å². The van der Waals surface area contributed by atoms with Gasteiger partial charge >= 0.3 is 0 Å². The quantitative estimate of drug-likeness (QED) is 0.838. The van der Waals surface area contributed by atoms with Gasteiger partial charge in [-0.25, -0.2) is 0 Å². The maximum absolute atomic E-state index is 3.39. The van der Waals surface area contributed by atoms with Gasteiger partial charge in [0.15, 0.2) is 0 Å². The molecule has 1 fully saturated rings. The van der Waals surface area contributed by atoms with Gasteiger partial charge in [0.05, 0.1) is 0 Å². The van der Waals surface area contributed by atoms with Crippen LogP contribution in [0.1, 0.15) is 5.56 Å². The van der Waals surface area contributed by atoms with Crippen LogP contribution in [0.2, 0.25) is 0 Å². The van der Waals surface area contributed by atoms with E-state index < -0.39 is 0 Å². The van der Waals surface area contributed by atoms with Crippen LogP contribution < -0.4 is 5.32 Å². The molecule has 0 amide bonds. The van der Waals surface area contributed by atoms with Crippen LogP contribution in [0.3, 0.4) is 0 Å². The van der Waals surface area contributed by atoms with E-state index in [9.17, 15) is 0 Å². The van der Waals surface area contributed by atoms with Gasteiger partial charge in [0.2, 0.25) is 0 Å². The van der Waals surface area contributed by atoms with Crippen molar-refractivity contribution in [2.24, 2.45) is 0 Å². The first-order valence-corrected chi connectivity index (χ1v) is 6.41. The third-order valence-corrected chi connectivity index (χ3v) is 3.55. The predicted molar refractivity (Wildman–Crippen MR) is 71.3 cm³/mol. The Kier molecular flexibility index (Phi) is 3.12. The molecule has 2 N–H and O–H groups in total. The van der Waals surface area contributed by atoms with E-state index in [4.69, 9.17) is 0 Å². The van der Waals surface area contributed by atoms with Gasteiger partial charge < -0.3 is 15.2 Å². The Balaban J connectivity index is 1.63. The Morgan fingerprint density at radius 2 is 2.00 bits per heavy atom. The van der Waals surface area contributed by atoms with Gasteiger partial charge in [0.1, 0.15) is 0 Å². The Bertz CT molecular complexity index is 483. The molecule has 0 saturated carbocycles. The Morgan fingerprint density at radius 3 is 2.88 bits per heavy atom. The minimum absolute atomic E-state index is 1.13. The number of fused-ring (bicyclic) bond motifs is 1. The number of hydrogen-bond donors (Lipinski definition) is 2. The molecule has 0 atom stereocenters. The SMILES string of the molecule is c1cc2ccc(CCN3CCNCC3)cc2[nH]1. The third-order valence-electron chi connectivity index (χ3n) is 3.55. The van der Waals surface area contributed by atoms with Crippen LogP contribution in [-0.2, 0) is 6.42 Å². The Morgan fingerprint density at radius 1 is 1.12 bits per heavy atom. The highest BCUT2D eigenvalue weighted by Crippen LogP contribution is 2.14. The van der Waals surface area contributed by atoms with E-state index in [1.54, 1.807) is 0 Å². The number of nitrogens with zero attached hydrogens (tertiary/aromatic N) is 1. The Labute approximate surface area is 102 Å². The largest absolute Gasteiger partial charge is 0.361 e. The zero-order valence-electron chi connectivity index (χ0n) is 10.1. The zero-order chi connectivity index (χ0) is 11.5. The Hall–Kier alpha value is -1.32. The monoisotopic (exact) mass is 229 g/mol. The second-order valence-electron chi connectivity index (χ2n) is 4.74. The average Bonchev–Trinajstić information content (AvgIpc) is 2.85. The molecule has 0 aliphatic carbocycles. The van der Waals surface area contributed by atoms with Crippen molar-refractivity contribution in [2.75, 3.05) is 32.7 Å². The number of nitrogens with one attached hydrogen (secondary N) is 2. The molecule has 2 heterocycles. The first-order valence-electron chi connectivity index (χ1n) is 6.41. The van der Waals surface area contributed by atoms with Crippen molar-refractivity contribution in [1.82, 2.24) is 15.2 Å². The zero-order valence-corrected chi connectivity index (χ0v) is 10.1. The van der Waals surface area contributed by atoms with Gasteiger partial charge in [-0.15, -0.1) is 0 Å². The molecule has 3 nitrogen and oxygen atoms in total. The maximum Gasteiger partial charge on any atom is 0.0456 e. The lowest BCUT2D eigenvalue weighted by Crippen LogP contribution is -2.44. The van der Waals surface area contributed by atoms with E-state index >= 15 is 0 Å². The van der Waals surface area contributed by atoms with Crippen LogP contribution >= 0.6 is 0 Å². The average molecular weight is 229 g/mol. The van der Waals surface area contributed by atoms with Crippen molar-refractivity contribution in [1.29, 1.82) is 0 Å². The van der Waals surface area contributed by atoms with Crippen LogP contribution in [0, 0.1) is 0 Å². The normalized spacial score (nSPS) is 17.6. The molecule has 0 spiro atoms. The van der Waals surface area contributed by atoms with Crippen molar-refractivity contribution >= 4 is 10.9 Å². The van der Waals surface area contributed by atoms with Crippen LogP contribution in [-0.4, -0.2) is 42.6 Å². The number of aromatic amines is 1. The number of rotatable bonds is 3. The lowest BCUT2D eigenvalue weighted by molar-refractivity contribution is 0.244. The number of piperazine rings is 1. The van der Waals surface area contributed by atoms with Crippen LogP contribution in [0.4, 0.5) is 0 Å². The smallest absolute Gasteiger partial charge is 0.0456 e. The van der Waals surface area contributed by atoms with E-state index in [-0.39, 0.29) is 0 Å². The van der Waals surface area contributed by atoms with Crippen LogP contribution in [0.5, 0.6) is 0 Å². The van der Waals surface area contributed by atoms with E-state index in [0.717, 1.165) is 19.5 Å². The summed E-state index contributed by atoms with van der Waals surface area (Å²) in [5.41, 5.74) is 2.68. The molecular formula is C14H19N3. The summed E-state index contributed by atoms with van der Waals surface area (Å²) in [4.78, 5) is 5.81. The summed E-state index contributed by atoms with van der Waals surface area (Å²) in [6.07, 6.45) is 3.15. The van der Waals surface area contributed by atoms with Gasteiger partial charge in [-0.05, 0) is 29.5 Å². The molecule has 1 aliphatic rings. The predicted octanol–water partition coefficient (Wildman–Crippen LogP) is 1.62. The summed E-state index contributed by atoms with van der Waals surface area (Å²) in [5.74, 6) is 0. The summed E-state index contributed by atoms with van der Waals surface area (Å²) >= 11 is 0. The molecule has 90 valence electrons. The lowest BCUT2D eigenvalue weighted by atomic mass is 10.1. The molecule has 1 aromatic heterocycles. The van der Waals surface area contributed by atoms with Crippen molar-refractivity contribution in [3.8, 4) is 0 Å². The highest BCUT2D eigenvalue weighted by molar-refractivity contribution is 5.79. The molecule has 3 heteroatoms. The van der Waals surface area contributed by atoms with Crippen molar-refractivity contribution in [3.05, 3.63) is 36.0 Å². The molecule has 0 unspecified atom stereocenters. The topological polar surface area (TPSA) is 31.1 Å². The van der Waals surface area contributed by atoms with Crippen molar-refractivity contribution < 1.29 is 0 Å². The second-order valence-corrected chi connectivity index (χ2v) is 4.74. The number of aromatic nitrogens is 1. The summed E-state index contributed by atoms with van der Waals surface area (Å²) in [6, 6.07) is 8.85. The first kappa shape index (κ1) is 10.8. The molecule has 3 rings (SSSR count). The summed E-state index contributed by atoms with van der Waals surface area (Å²) in [7, 11) is 0. The number of benzene rings is 1. The third kappa shape index (κ3) is 2.51. The second kappa shape index (κ2) is 4.90. The van der Waals surface area contributed by atoms with Gasteiger partial charge in [-0.2, -0.15) is 0 Å². The molecule has 1 saturated heterocycles. The molecule has 0 bridgehead atoms. The van der Waals surface area contributed by atoms with Gasteiger partial charge in [-0.1, -0.05) is 12.1 Å². The molecule has 2 aromatic rings. The highest BCUT2D eigenvalue weighted by atomic mass is 15.2. The summed E-state index contributed by atoms with van der Waals surface area (Å²) in [5, 5.41) is 4.69. The maximum atomic E-state index is 3.39.